The zero-order valence-electron chi connectivity index (χ0n) is 11.8. The molecular formula is C16H21NO3. The first kappa shape index (κ1) is 14.6. The Labute approximate surface area is 119 Å². The van der Waals surface area contributed by atoms with E-state index < -0.39 is 5.97 Å². The maximum atomic E-state index is 12.4. The minimum atomic E-state index is -0.828. The summed E-state index contributed by atoms with van der Waals surface area (Å²) < 4.78 is 0. The number of likely N-dealkylation sites (tertiary alicyclic amines) is 1. The smallest absolute Gasteiger partial charge is 0.305 e. The average Bonchev–Trinajstić information content (AvgIpc) is 2.87. The molecule has 2 unspecified atom stereocenters. The fraction of sp³-hybridized carbons (Fsp3) is 0.500. The van der Waals surface area contributed by atoms with Crippen LogP contribution in [-0.4, -0.2) is 34.5 Å². The van der Waals surface area contributed by atoms with Crippen molar-refractivity contribution in [1.29, 1.82) is 0 Å². The minimum absolute atomic E-state index is 0.0610. The Morgan fingerprint density at radius 3 is 2.70 bits per heavy atom. The van der Waals surface area contributed by atoms with Crippen LogP contribution in [0, 0.1) is 0 Å². The maximum Gasteiger partial charge on any atom is 0.305 e. The first-order chi connectivity index (χ1) is 9.58. The first-order valence-corrected chi connectivity index (χ1v) is 7.14. The Kier molecular flexibility index (Phi) is 4.77. The number of hydrogen-bond donors (Lipinski definition) is 1. The lowest BCUT2D eigenvalue weighted by atomic mass is 9.97. The molecule has 0 bridgehead atoms. The monoisotopic (exact) mass is 275 g/mol. The Morgan fingerprint density at radius 1 is 1.35 bits per heavy atom. The van der Waals surface area contributed by atoms with Gasteiger partial charge in [-0.3, -0.25) is 9.59 Å². The van der Waals surface area contributed by atoms with Crippen LogP contribution in [0.15, 0.2) is 30.3 Å². The van der Waals surface area contributed by atoms with E-state index in [9.17, 15) is 9.59 Å². The van der Waals surface area contributed by atoms with Gasteiger partial charge < -0.3 is 10.0 Å². The van der Waals surface area contributed by atoms with Gasteiger partial charge in [-0.05, 0) is 24.3 Å². The van der Waals surface area contributed by atoms with Crippen molar-refractivity contribution in [2.24, 2.45) is 0 Å². The van der Waals surface area contributed by atoms with Crippen LogP contribution in [0.1, 0.15) is 44.1 Å². The zero-order valence-corrected chi connectivity index (χ0v) is 11.8. The predicted octanol–water partition coefficient (Wildman–Crippen LogP) is 2.65. The molecule has 1 aliphatic heterocycles. The van der Waals surface area contributed by atoms with Crippen LogP contribution in [0.4, 0.5) is 0 Å². The third-order valence-electron chi connectivity index (χ3n) is 3.96. The molecule has 0 radical (unpaired) electrons. The van der Waals surface area contributed by atoms with E-state index in [0.717, 1.165) is 18.4 Å². The molecule has 1 aliphatic rings. The van der Waals surface area contributed by atoms with Crippen molar-refractivity contribution in [2.75, 3.05) is 6.54 Å². The van der Waals surface area contributed by atoms with E-state index in [2.05, 4.69) is 0 Å². The van der Waals surface area contributed by atoms with Gasteiger partial charge in [-0.15, -0.1) is 0 Å². The molecule has 2 atom stereocenters. The molecule has 108 valence electrons. The second kappa shape index (κ2) is 6.55. The van der Waals surface area contributed by atoms with E-state index in [1.165, 1.54) is 0 Å². The summed E-state index contributed by atoms with van der Waals surface area (Å²) in [5.41, 5.74) is 1.15. The Hall–Kier alpha value is -1.84. The lowest BCUT2D eigenvalue weighted by molar-refractivity contribution is -0.140. The van der Waals surface area contributed by atoms with Crippen molar-refractivity contribution in [3.05, 3.63) is 35.9 Å². The van der Waals surface area contributed by atoms with Gasteiger partial charge in [0.15, 0.2) is 0 Å². The lowest BCUT2D eigenvalue weighted by Crippen LogP contribution is -2.37. The third-order valence-corrected chi connectivity index (χ3v) is 3.96. The van der Waals surface area contributed by atoms with Gasteiger partial charge in [0.1, 0.15) is 0 Å². The van der Waals surface area contributed by atoms with Crippen LogP contribution in [0.2, 0.25) is 0 Å². The van der Waals surface area contributed by atoms with E-state index in [4.69, 9.17) is 5.11 Å². The van der Waals surface area contributed by atoms with Crippen LogP contribution < -0.4 is 0 Å². The number of carboxylic acids is 1. The summed E-state index contributed by atoms with van der Waals surface area (Å²) >= 11 is 0. The highest BCUT2D eigenvalue weighted by Gasteiger charge is 2.30. The van der Waals surface area contributed by atoms with Crippen LogP contribution >= 0.6 is 0 Å². The van der Waals surface area contributed by atoms with Gasteiger partial charge in [-0.2, -0.15) is 0 Å². The van der Waals surface area contributed by atoms with E-state index >= 15 is 0 Å². The minimum Gasteiger partial charge on any atom is -0.481 e. The number of hydrogen-bond acceptors (Lipinski definition) is 2. The van der Waals surface area contributed by atoms with Crippen molar-refractivity contribution in [1.82, 2.24) is 4.90 Å². The SMILES string of the molecule is CC(CC(=O)N1CCCC1CC(=O)O)c1ccccc1. The molecule has 1 fully saturated rings. The van der Waals surface area contributed by atoms with Crippen LogP contribution in [0.25, 0.3) is 0 Å². The number of aliphatic carboxylic acids is 1. The Bertz CT molecular complexity index is 472. The number of carboxylic acid groups (broad SMARTS) is 1. The molecule has 1 amide bonds. The molecule has 4 nitrogen and oxygen atoms in total. The molecule has 1 N–H and O–H groups in total. The molecule has 2 rings (SSSR count). The first-order valence-electron chi connectivity index (χ1n) is 7.14. The van der Waals surface area contributed by atoms with Gasteiger partial charge in [-0.25, -0.2) is 0 Å². The van der Waals surface area contributed by atoms with Gasteiger partial charge in [0.05, 0.1) is 6.42 Å². The molecule has 0 saturated carbocycles. The highest BCUT2D eigenvalue weighted by Crippen LogP contribution is 2.25. The molecule has 1 saturated heterocycles. The molecule has 20 heavy (non-hydrogen) atoms. The summed E-state index contributed by atoms with van der Waals surface area (Å²) in [4.78, 5) is 24.9. The Morgan fingerprint density at radius 2 is 2.05 bits per heavy atom. The van der Waals surface area contributed by atoms with Crippen molar-refractivity contribution in [3.8, 4) is 0 Å². The number of nitrogens with zero attached hydrogens (tertiary/aromatic N) is 1. The van der Waals surface area contributed by atoms with E-state index in [0.29, 0.717) is 13.0 Å². The number of benzene rings is 1. The zero-order chi connectivity index (χ0) is 14.5. The lowest BCUT2D eigenvalue weighted by Gasteiger charge is -2.25. The van der Waals surface area contributed by atoms with Crippen LogP contribution in [0.5, 0.6) is 0 Å². The average molecular weight is 275 g/mol. The summed E-state index contributed by atoms with van der Waals surface area (Å²) in [5, 5.41) is 8.90. The van der Waals surface area contributed by atoms with Crippen molar-refractivity contribution >= 4 is 11.9 Å². The summed E-state index contributed by atoms with van der Waals surface area (Å²) in [5.74, 6) is -0.592. The van der Waals surface area contributed by atoms with Crippen LogP contribution in [0.3, 0.4) is 0 Å². The third kappa shape index (κ3) is 3.59. The van der Waals surface area contributed by atoms with Gasteiger partial charge in [0.2, 0.25) is 5.91 Å². The topological polar surface area (TPSA) is 57.6 Å². The molecule has 1 aromatic carbocycles. The fourth-order valence-corrected chi connectivity index (χ4v) is 2.86. The highest BCUT2D eigenvalue weighted by molar-refractivity contribution is 5.78. The predicted molar refractivity (Wildman–Crippen MR) is 76.5 cm³/mol. The standard InChI is InChI=1S/C16H21NO3/c1-12(13-6-3-2-4-7-13)10-15(18)17-9-5-8-14(17)11-16(19)20/h2-4,6-7,12,14H,5,8-11H2,1H3,(H,19,20). The van der Waals surface area contributed by atoms with E-state index in [1.54, 1.807) is 4.90 Å². The van der Waals surface area contributed by atoms with Gasteiger partial charge in [-0.1, -0.05) is 37.3 Å². The molecule has 0 aliphatic carbocycles. The molecule has 0 aromatic heterocycles. The van der Waals surface area contributed by atoms with Crippen molar-refractivity contribution in [3.63, 3.8) is 0 Å². The molecule has 4 heteroatoms. The van der Waals surface area contributed by atoms with Crippen LogP contribution in [-0.2, 0) is 9.59 Å². The van der Waals surface area contributed by atoms with Crippen molar-refractivity contribution < 1.29 is 14.7 Å². The van der Waals surface area contributed by atoms with Gasteiger partial charge in [0, 0.05) is 19.0 Å². The largest absolute Gasteiger partial charge is 0.481 e. The fourth-order valence-electron chi connectivity index (χ4n) is 2.86. The number of carbonyl (C=O) groups excluding carboxylic acids is 1. The summed E-state index contributed by atoms with van der Waals surface area (Å²) in [6, 6.07) is 9.83. The normalized spacial score (nSPS) is 19.9. The molecule has 1 aromatic rings. The second-order valence-corrected chi connectivity index (χ2v) is 5.50. The van der Waals surface area contributed by atoms with Crippen molar-refractivity contribution in [2.45, 2.75) is 44.6 Å². The number of rotatable bonds is 5. The maximum absolute atomic E-state index is 12.4. The second-order valence-electron chi connectivity index (χ2n) is 5.50. The van der Waals surface area contributed by atoms with Gasteiger partial charge >= 0.3 is 5.97 Å². The molecular weight excluding hydrogens is 254 g/mol. The quantitative estimate of drug-likeness (QED) is 0.898. The van der Waals surface area contributed by atoms with E-state index in [-0.39, 0.29) is 24.3 Å². The van der Waals surface area contributed by atoms with Gasteiger partial charge in [0.25, 0.3) is 0 Å². The Balaban J connectivity index is 1.95. The summed E-state index contributed by atoms with van der Waals surface area (Å²) in [6.45, 7) is 2.73. The summed E-state index contributed by atoms with van der Waals surface area (Å²) in [7, 11) is 0. The highest BCUT2D eigenvalue weighted by atomic mass is 16.4. The van der Waals surface area contributed by atoms with E-state index in [1.807, 2.05) is 37.3 Å². The molecule has 0 spiro atoms. The molecule has 1 heterocycles. The number of amides is 1. The number of carbonyl (C=O) groups is 2. The summed E-state index contributed by atoms with van der Waals surface area (Å²) in [6.07, 6.45) is 2.22.